The van der Waals surface area contributed by atoms with Crippen molar-refractivity contribution < 1.29 is 19.1 Å². The van der Waals surface area contributed by atoms with E-state index in [4.69, 9.17) is 20.3 Å². The number of nitrogen functional groups attached to an aromatic ring is 1. The van der Waals surface area contributed by atoms with Gasteiger partial charge < -0.3 is 31.0 Å². The van der Waals surface area contributed by atoms with Crippen LogP contribution >= 0.6 is 7.60 Å². The van der Waals surface area contributed by atoms with Gasteiger partial charge in [0.15, 0.2) is 17.0 Å². The summed E-state index contributed by atoms with van der Waals surface area (Å²) in [6, 6.07) is 0. The second kappa shape index (κ2) is 5.78. The van der Waals surface area contributed by atoms with Crippen LogP contribution in [0.1, 0.15) is 12.8 Å². The lowest BCUT2D eigenvalue weighted by atomic mass is 10.2. The quantitative estimate of drug-likeness (QED) is 0.463. The molecule has 1 aliphatic rings. The molecule has 0 aliphatic carbocycles. The SMILES string of the molecule is N.Nc1nc2c(ncn2C[C@@H]2CC[C@@H](P(=O)(O)O)O2)c(=O)[nH]1. The molecule has 0 saturated carbocycles. The van der Waals surface area contributed by atoms with Crippen molar-refractivity contribution in [1.29, 1.82) is 0 Å². The van der Waals surface area contributed by atoms with Gasteiger partial charge in [-0.1, -0.05) is 0 Å². The van der Waals surface area contributed by atoms with E-state index in [-0.39, 0.29) is 30.1 Å². The highest BCUT2D eigenvalue weighted by Gasteiger charge is 2.37. The minimum atomic E-state index is -4.24. The van der Waals surface area contributed by atoms with Crippen molar-refractivity contribution in [3.8, 4) is 0 Å². The summed E-state index contributed by atoms with van der Waals surface area (Å²) in [6.07, 6.45) is 1.86. The largest absolute Gasteiger partial charge is 0.369 e. The predicted molar refractivity (Wildman–Crippen MR) is 77.5 cm³/mol. The Labute approximate surface area is 124 Å². The standard InChI is InChI=1S/C10H14N5O5P.H3N/c11-10-13-8-7(9(16)14-10)12-4-15(8)3-5-1-2-6(20-5)21(17,18)19;/h4-6H,1-3H2,(H2,17,18,19)(H3,11,13,14,16);1H3/t5-,6+;/m0./s1. The molecule has 0 spiro atoms. The van der Waals surface area contributed by atoms with E-state index in [2.05, 4.69) is 15.0 Å². The van der Waals surface area contributed by atoms with Crippen molar-refractivity contribution in [3.63, 3.8) is 0 Å². The van der Waals surface area contributed by atoms with Gasteiger partial charge in [-0.3, -0.25) is 14.3 Å². The van der Waals surface area contributed by atoms with Crippen molar-refractivity contribution in [2.45, 2.75) is 31.3 Å². The van der Waals surface area contributed by atoms with Crippen LogP contribution in [0, 0.1) is 0 Å². The lowest BCUT2D eigenvalue weighted by Crippen LogP contribution is -2.18. The molecule has 12 heteroatoms. The van der Waals surface area contributed by atoms with E-state index in [0.29, 0.717) is 18.6 Å². The molecule has 122 valence electrons. The zero-order valence-corrected chi connectivity index (χ0v) is 12.4. The summed E-state index contributed by atoms with van der Waals surface area (Å²) in [5.74, 6) is -1.09. The molecule has 1 saturated heterocycles. The maximum absolute atomic E-state index is 11.6. The molecular weight excluding hydrogens is 315 g/mol. The van der Waals surface area contributed by atoms with E-state index in [9.17, 15) is 9.36 Å². The van der Waals surface area contributed by atoms with Gasteiger partial charge >= 0.3 is 7.60 Å². The second-order valence-electron chi connectivity index (χ2n) is 4.90. The number of nitrogens with zero attached hydrogens (tertiary/aromatic N) is 3. The predicted octanol–water partition coefficient (Wildman–Crippen LogP) is -0.453. The maximum Gasteiger partial charge on any atom is 0.354 e. The fraction of sp³-hybridized carbons (Fsp3) is 0.500. The number of nitrogens with two attached hydrogens (primary N) is 1. The van der Waals surface area contributed by atoms with Gasteiger partial charge in [0.25, 0.3) is 5.56 Å². The molecule has 3 heterocycles. The Kier molecular flexibility index (Phi) is 4.36. The Hall–Kier alpha value is -1.78. The van der Waals surface area contributed by atoms with Gasteiger partial charge in [-0.2, -0.15) is 4.98 Å². The number of aromatic amines is 1. The number of rotatable bonds is 3. The zero-order valence-electron chi connectivity index (χ0n) is 11.5. The minimum absolute atomic E-state index is 0. The summed E-state index contributed by atoms with van der Waals surface area (Å²) < 4.78 is 18.1. The number of ether oxygens (including phenoxy) is 1. The molecule has 0 bridgehead atoms. The number of imidazole rings is 1. The number of aromatic nitrogens is 4. The van der Waals surface area contributed by atoms with Gasteiger partial charge in [0.05, 0.1) is 19.0 Å². The smallest absolute Gasteiger partial charge is 0.354 e. The van der Waals surface area contributed by atoms with Crippen LogP contribution in [0.5, 0.6) is 0 Å². The van der Waals surface area contributed by atoms with Crippen LogP contribution in [-0.2, 0) is 15.8 Å². The minimum Gasteiger partial charge on any atom is -0.369 e. The van der Waals surface area contributed by atoms with E-state index in [1.54, 1.807) is 4.57 Å². The van der Waals surface area contributed by atoms with Crippen LogP contribution in [0.25, 0.3) is 11.2 Å². The molecule has 22 heavy (non-hydrogen) atoms. The van der Waals surface area contributed by atoms with Crippen molar-refractivity contribution in [2.24, 2.45) is 0 Å². The van der Waals surface area contributed by atoms with Crippen molar-refractivity contribution in [1.82, 2.24) is 25.7 Å². The first-order valence-corrected chi connectivity index (χ1v) is 7.94. The third kappa shape index (κ3) is 3.03. The molecule has 11 nitrogen and oxygen atoms in total. The summed E-state index contributed by atoms with van der Waals surface area (Å²) in [5.41, 5.74) is 5.54. The van der Waals surface area contributed by atoms with Crippen LogP contribution < -0.4 is 17.4 Å². The van der Waals surface area contributed by atoms with Gasteiger partial charge in [0.1, 0.15) is 0 Å². The zero-order chi connectivity index (χ0) is 15.2. The average molecular weight is 332 g/mol. The highest BCUT2D eigenvalue weighted by Crippen LogP contribution is 2.48. The van der Waals surface area contributed by atoms with Crippen LogP contribution in [0.4, 0.5) is 5.95 Å². The molecule has 2 aromatic rings. The summed E-state index contributed by atoms with van der Waals surface area (Å²) in [7, 11) is -4.24. The first-order chi connectivity index (χ1) is 9.84. The number of H-pyrrole nitrogens is 1. The van der Waals surface area contributed by atoms with E-state index >= 15 is 0 Å². The third-order valence-electron chi connectivity index (χ3n) is 3.35. The molecule has 2 atom stereocenters. The summed E-state index contributed by atoms with van der Waals surface area (Å²) >= 11 is 0. The van der Waals surface area contributed by atoms with Gasteiger partial charge in [-0.25, -0.2) is 4.98 Å². The molecule has 0 radical (unpaired) electrons. The summed E-state index contributed by atoms with van der Waals surface area (Å²) in [4.78, 5) is 40.2. The van der Waals surface area contributed by atoms with E-state index < -0.39 is 19.0 Å². The molecule has 0 aromatic carbocycles. The van der Waals surface area contributed by atoms with Gasteiger partial charge in [-0.15, -0.1) is 0 Å². The number of anilines is 1. The molecule has 0 amide bonds. The number of nitrogens with one attached hydrogen (secondary N) is 1. The normalized spacial score (nSPS) is 21.9. The average Bonchev–Trinajstić information content (AvgIpc) is 2.97. The summed E-state index contributed by atoms with van der Waals surface area (Å²) in [6.45, 7) is 0.295. The lowest BCUT2D eigenvalue weighted by molar-refractivity contribution is 0.0621. The number of fused-ring (bicyclic) bond motifs is 1. The first-order valence-electron chi connectivity index (χ1n) is 6.26. The maximum atomic E-state index is 11.6. The fourth-order valence-corrected chi connectivity index (χ4v) is 3.21. The first kappa shape index (κ1) is 16.6. The van der Waals surface area contributed by atoms with Gasteiger partial charge in [0.2, 0.25) is 5.95 Å². The Morgan fingerprint density at radius 3 is 2.86 bits per heavy atom. The molecule has 1 aliphatic heterocycles. The van der Waals surface area contributed by atoms with E-state index in [0.717, 1.165) is 0 Å². The Balaban J connectivity index is 0.00000176. The second-order valence-corrected chi connectivity index (χ2v) is 6.65. The summed E-state index contributed by atoms with van der Waals surface area (Å²) in [5, 5.41) is 0. The van der Waals surface area contributed by atoms with E-state index in [1.165, 1.54) is 6.33 Å². The molecule has 3 rings (SSSR count). The topological polar surface area (TPSA) is 191 Å². The highest BCUT2D eigenvalue weighted by molar-refractivity contribution is 7.52. The van der Waals surface area contributed by atoms with Crippen molar-refractivity contribution >= 4 is 24.7 Å². The number of hydrogen-bond donors (Lipinski definition) is 5. The van der Waals surface area contributed by atoms with Crippen LogP contribution in [0.3, 0.4) is 0 Å². The van der Waals surface area contributed by atoms with Crippen molar-refractivity contribution in [2.75, 3.05) is 5.73 Å². The van der Waals surface area contributed by atoms with E-state index in [1.807, 2.05) is 0 Å². The Morgan fingerprint density at radius 1 is 1.50 bits per heavy atom. The molecule has 2 aromatic heterocycles. The molecule has 1 fully saturated rings. The lowest BCUT2D eigenvalue weighted by Gasteiger charge is -2.15. The fourth-order valence-electron chi connectivity index (χ4n) is 2.39. The molecule has 8 N–H and O–H groups in total. The van der Waals surface area contributed by atoms with Crippen molar-refractivity contribution in [3.05, 3.63) is 16.7 Å². The van der Waals surface area contributed by atoms with Crippen LogP contribution in [-0.4, -0.2) is 41.3 Å². The highest BCUT2D eigenvalue weighted by atomic mass is 31.2. The third-order valence-corrected chi connectivity index (χ3v) is 4.48. The number of hydrogen-bond acceptors (Lipinski definition) is 7. The van der Waals surface area contributed by atoms with Gasteiger partial charge in [-0.05, 0) is 12.8 Å². The Morgan fingerprint density at radius 2 is 2.23 bits per heavy atom. The Bertz CT molecular complexity index is 782. The van der Waals surface area contributed by atoms with Crippen LogP contribution in [0.2, 0.25) is 0 Å². The van der Waals surface area contributed by atoms with Crippen LogP contribution in [0.15, 0.2) is 11.1 Å². The molecular formula is C10H17N6O5P. The monoisotopic (exact) mass is 332 g/mol. The van der Waals surface area contributed by atoms with Gasteiger partial charge in [0, 0.05) is 0 Å². The molecule has 0 unspecified atom stereocenters.